The van der Waals surface area contributed by atoms with Crippen LogP contribution in [-0.2, 0) is 4.74 Å². The number of carbonyl (C=O) groups is 1. The summed E-state index contributed by atoms with van der Waals surface area (Å²) >= 11 is 0. The summed E-state index contributed by atoms with van der Waals surface area (Å²) < 4.78 is 5.28. The topological polar surface area (TPSA) is 50.4 Å². The minimum absolute atomic E-state index is 0.273. The number of alkyl carbamates (subject to hydrolysis) is 1. The normalized spacial score (nSPS) is 33.6. The second-order valence-electron chi connectivity index (χ2n) is 5.91. The molecule has 1 saturated heterocycles. The molecule has 0 radical (unpaired) electrons. The van der Waals surface area contributed by atoms with Crippen LogP contribution in [0.5, 0.6) is 0 Å². The van der Waals surface area contributed by atoms with Crippen molar-refractivity contribution in [1.29, 1.82) is 0 Å². The van der Waals surface area contributed by atoms with Gasteiger partial charge in [0.15, 0.2) is 0 Å². The van der Waals surface area contributed by atoms with Gasteiger partial charge in [-0.05, 0) is 52.0 Å². The van der Waals surface area contributed by atoms with Crippen LogP contribution in [0.1, 0.15) is 33.6 Å². The predicted octanol–water partition coefficient (Wildman–Crippen LogP) is 1.51. The molecule has 2 rings (SSSR count). The third-order valence-electron chi connectivity index (χ3n) is 3.46. The quantitative estimate of drug-likeness (QED) is 0.712. The molecule has 1 aliphatic carbocycles. The maximum atomic E-state index is 11.6. The van der Waals surface area contributed by atoms with Gasteiger partial charge in [-0.2, -0.15) is 0 Å². The van der Waals surface area contributed by atoms with Gasteiger partial charge in [-0.25, -0.2) is 4.79 Å². The first kappa shape index (κ1) is 11.7. The minimum Gasteiger partial charge on any atom is -0.444 e. The van der Waals surface area contributed by atoms with Crippen molar-refractivity contribution in [3.05, 3.63) is 0 Å². The Morgan fingerprint density at radius 3 is 2.75 bits per heavy atom. The van der Waals surface area contributed by atoms with Crippen LogP contribution in [0.15, 0.2) is 0 Å². The Bertz CT molecular complexity index is 273. The van der Waals surface area contributed by atoms with Crippen molar-refractivity contribution in [1.82, 2.24) is 10.6 Å². The standard InChI is InChI=1S/C12H22N2O2/c1-12(2,3)16-11(15)14-10-5-4-8-6-13-7-9(8)10/h8-10,13H,4-7H2,1-3H3,(H,14,15)/t8-,9+,10-/m0/s1. The summed E-state index contributed by atoms with van der Waals surface area (Å²) in [6.45, 7) is 7.81. The number of hydrogen-bond acceptors (Lipinski definition) is 3. The molecule has 4 nitrogen and oxygen atoms in total. The van der Waals surface area contributed by atoms with Gasteiger partial charge in [0.2, 0.25) is 0 Å². The van der Waals surface area contributed by atoms with E-state index in [4.69, 9.17) is 4.74 Å². The first-order valence-electron chi connectivity index (χ1n) is 6.16. The minimum atomic E-state index is -0.407. The number of fused-ring (bicyclic) bond motifs is 1. The van der Waals surface area contributed by atoms with Crippen LogP contribution >= 0.6 is 0 Å². The fraction of sp³-hybridized carbons (Fsp3) is 0.917. The summed E-state index contributed by atoms with van der Waals surface area (Å²) in [4.78, 5) is 11.6. The molecule has 2 N–H and O–H groups in total. The van der Waals surface area contributed by atoms with Crippen molar-refractivity contribution in [3.63, 3.8) is 0 Å². The molecule has 1 saturated carbocycles. The van der Waals surface area contributed by atoms with Crippen LogP contribution in [-0.4, -0.2) is 30.8 Å². The monoisotopic (exact) mass is 226 g/mol. The van der Waals surface area contributed by atoms with Crippen molar-refractivity contribution in [2.24, 2.45) is 11.8 Å². The zero-order valence-electron chi connectivity index (χ0n) is 10.4. The highest BCUT2D eigenvalue weighted by Gasteiger charge is 2.40. The summed E-state index contributed by atoms with van der Waals surface area (Å²) in [5.74, 6) is 1.35. The van der Waals surface area contributed by atoms with E-state index < -0.39 is 5.60 Å². The molecule has 0 unspecified atom stereocenters. The number of nitrogens with one attached hydrogen (secondary N) is 2. The van der Waals surface area contributed by atoms with Crippen LogP contribution in [0.25, 0.3) is 0 Å². The molecule has 0 aromatic heterocycles. The van der Waals surface area contributed by atoms with E-state index in [2.05, 4.69) is 10.6 Å². The highest BCUT2D eigenvalue weighted by Crippen LogP contribution is 2.34. The van der Waals surface area contributed by atoms with Crippen molar-refractivity contribution >= 4 is 6.09 Å². The average Bonchev–Trinajstić information content (AvgIpc) is 2.66. The Hall–Kier alpha value is -0.770. The smallest absolute Gasteiger partial charge is 0.407 e. The number of rotatable bonds is 1. The second-order valence-corrected chi connectivity index (χ2v) is 5.91. The third kappa shape index (κ3) is 2.67. The number of ether oxygens (including phenoxy) is 1. The Labute approximate surface area is 97.1 Å². The van der Waals surface area contributed by atoms with Gasteiger partial charge in [0.25, 0.3) is 0 Å². The Morgan fingerprint density at radius 2 is 2.06 bits per heavy atom. The maximum Gasteiger partial charge on any atom is 0.407 e. The molecule has 1 heterocycles. The van der Waals surface area contributed by atoms with E-state index in [1.807, 2.05) is 20.8 Å². The zero-order valence-corrected chi connectivity index (χ0v) is 10.4. The van der Waals surface area contributed by atoms with Gasteiger partial charge in [-0.15, -0.1) is 0 Å². The Morgan fingerprint density at radius 1 is 1.31 bits per heavy atom. The Kier molecular flexibility index (Phi) is 3.10. The van der Waals surface area contributed by atoms with Gasteiger partial charge in [0, 0.05) is 12.6 Å². The summed E-state index contributed by atoms with van der Waals surface area (Å²) in [5, 5.41) is 6.39. The molecule has 0 aromatic carbocycles. The first-order chi connectivity index (χ1) is 7.46. The molecule has 4 heteroatoms. The van der Waals surface area contributed by atoms with Gasteiger partial charge in [0.05, 0.1) is 0 Å². The second kappa shape index (κ2) is 4.24. The molecule has 2 aliphatic rings. The maximum absolute atomic E-state index is 11.6. The summed E-state index contributed by atoms with van der Waals surface area (Å²) in [6.07, 6.45) is 2.04. The van der Waals surface area contributed by atoms with Crippen LogP contribution < -0.4 is 10.6 Å². The van der Waals surface area contributed by atoms with Crippen LogP contribution in [0.2, 0.25) is 0 Å². The fourth-order valence-corrected chi connectivity index (χ4v) is 2.79. The molecular weight excluding hydrogens is 204 g/mol. The van der Waals surface area contributed by atoms with E-state index in [1.54, 1.807) is 0 Å². The summed E-state index contributed by atoms with van der Waals surface area (Å²) in [6, 6.07) is 0.301. The van der Waals surface area contributed by atoms with Gasteiger partial charge in [-0.1, -0.05) is 0 Å². The van der Waals surface area contributed by atoms with E-state index in [0.717, 1.165) is 25.4 Å². The van der Waals surface area contributed by atoms with Crippen molar-refractivity contribution in [3.8, 4) is 0 Å². The largest absolute Gasteiger partial charge is 0.444 e. The lowest BCUT2D eigenvalue weighted by Gasteiger charge is -2.24. The lowest BCUT2D eigenvalue weighted by molar-refractivity contribution is 0.0493. The molecular formula is C12H22N2O2. The highest BCUT2D eigenvalue weighted by molar-refractivity contribution is 5.68. The predicted molar refractivity (Wildman–Crippen MR) is 62.2 cm³/mol. The molecule has 92 valence electrons. The number of amides is 1. The molecule has 0 bridgehead atoms. The molecule has 1 amide bonds. The van der Waals surface area contributed by atoms with Crippen molar-refractivity contribution in [2.45, 2.75) is 45.3 Å². The molecule has 16 heavy (non-hydrogen) atoms. The molecule has 0 aromatic rings. The molecule has 3 atom stereocenters. The van der Waals surface area contributed by atoms with E-state index in [-0.39, 0.29) is 6.09 Å². The number of hydrogen-bond donors (Lipinski definition) is 2. The van der Waals surface area contributed by atoms with Crippen LogP contribution in [0.4, 0.5) is 4.79 Å². The van der Waals surface area contributed by atoms with Gasteiger partial charge >= 0.3 is 6.09 Å². The van der Waals surface area contributed by atoms with Crippen molar-refractivity contribution in [2.75, 3.05) is 13.1 Å². The summed E-state index contributed by atoms with van der Waals surface area (Å²) in [5.41, 5.74) is -0.407. The summed E-state index contributed by atoms with van der Waals surface area (Å²) in [7, 11) is 0. The lowest BCUT2D eigenvalue weighted by atomic mass is 9.98. The lowest BCUT2D eigenvalue weighted by Crippen LogP contribution is -2.42. The molecule has 1 aliphatic heterocycles. The van der Waals surface area contributed by atoms with E-state index >= 15 is 0 Å². The average molecular weight is 226 g/mol. The first-order valence-corrected chi connectivity index (χ1v) is 6.16. The SMILES string of the molecule is CC(C)(C)OC(=O)N[C@H]1CC[C@H]2CNC[C@H]21. The Balaban J connectivity index is 1.83. The fourth-order valence-electron chi connectivity index (χ4n) is 2.79. The zero-order chi connectivity index (χ0) is 11.8. The van der Waals surface area contributed by atoms with E-state index in [1.165, 1.54) is 6.42 Å². The highest BCUT2D eigenvalue weighted by atomic mass is 16.6. The van der Waals surface area contributed by atoms with Crippen LogP contribution in [0, 0.1) is 11.8 Å². The number of carbonyl (C=O) groups excluding carboxylic acids is 1. The van der Waals surface area contributed by atoms with Crippen LogP contribution in [0.3, 0.4) is 0 Å². The van der Waals surface area contributed by atoms with Gasteiger partial charge in [-0.3, -0.25) is 0 Å². The van der Waals surface area contributed by atoms with E-state index in [9.17, 15) is 4.79 Å². The van der Waals surface area contributed by atoms with Crippen molar-refractivity contribution < 1.29 is 9.53 Å². The van der Waals surface area contributed by atoms with E-state index in [0.29, 0.717) is 12.0 Å². The van der Waals surface area contributed by atoms with Gasteiger partial charge in [0.1, 0.15) is 5.60 Å². The third-order valence-corrected chi connectivity index (χ3v) is 3.46. The van der Waals surface area contributed by atoms with Gasteiger partial charge < -0.3 is 15.4 Å². The molecule has 0 spiro atoms. The molecule has 2 fully saturated rings.